The third-order valence-electron chi connectivity index (χ3n) is 9.20. The third kappa shape index (κ3) is 5.11. The molecule has 5 rings (SSSR count). The molecule has 3 aromatic rings. The molecule has 1 N–H and O–H groups in total. The van der Waals surface area contributed by atoms with Crippen molar-refractivity contribution >= 4 is 0 Å². The highest BCUT2D eigenvalue weighted by Gasteiger charge is 2.51. The van der Waals surface area contributed by atoms with Crippen LogP contribution in [-0.2, 0) is 25.0 Å². The highest BCUT2D eigenvalue weighted by atomic mass is 16.5. The summed E-state index contributed by atoms with van der Waals surface area (Å²) in [6.07, 6.45) is 6.52. The molecule has 0 aliphatic heterocycles. The summed E-state index contributed by atoms with van der Waals surface area (Å²) in [5.41, 5.74) is 7.90. The van der Waals surface area contributed by atoms with Crippen molar-refractivity contribution in [3.63, 3.8) is 0 Å². The van der Waals surface area contributed by atoms with E-state index >= 15 is 0 Å². The van der Waals surface area contributed by atoms with Gasteiger partial charge in [-0.2, -0.15) is 0 Å². The van der Waals surface area contributed by atoms with Gasteiger partial charge in [-0.25, -0.2) is 0 Å². The Morgan fingerprint density at radius 2 is 1.69 bits per heavy atom. The second-order valence-corrected chi connectivity index (χ2v) is 12.1. The van der Waals surface area contributed by atoms with Gasteiger partial charge in [0, 0.05) is 13.1 Å². The maximum absolute atomic E-state index is 5.96. The van der Waals surface area contributed by atoms with Gasteiger partial charge in [0.1, 0.15) is 12.4 Å². The van der Waals surface area contributed by atoms with Crippen molar-refractivity contribution in [2.45, 2.75) is 84.3 Å². The summed E-state index contributed by atoms with van der Waals surface area (Å²) in [6.45, 7) is 12.3. The van der Waals surface area contributed by atoms with Crippen molar-refractivity contribution in [3.8, 4) is 5.75 Å². The molecule has 0 amide bonds. The average molecular weight is 482 g/mol. The quantitative estimate of drug-likeness (QED) is 0.350. The number of ether oxygens (including phenoxy) is 1. The van der Waals surface area contributed by atoms with E-state index in [-0.39, 0.29) is 0 Å². The number of nitrogens with one attached hydrogen (secondary N) is 1. The molecular weight excluding hydrogens is 438 g/mol. The number of hydrogen-bond donors (Lipinski definition) is 1. The summed E-state index contributed by atoms with van der Waals surface area (Å²) in [7, 11) is 0. The van der Waals surface area contributed by atoms with Gasteiger partial charge in [-0.15, -0.1) is 0 Å². The van der Waals surface area contributed by atoms with Crippen LogP contribution in [0.25, 0.3) is 0 Å². The van der Waals surface area contributed by atoms with Gasteiger partial charge in [-0.1, -0.05) is 94.8 Å². The summed E-state index contributed by atoms with van der Waals surface area (Å²) in [4.78, 5) is 0. The van der Waals surface area contributed by atoms with E-state index in [1.54, 1.807) is 11.1 Å². The fraction of sp³-hybridized carbons (Fsp3) is 0.471. The van der Waals surface area contributed by atoms with Crippen molar-refractivity contribution < 1.29 is 4.74 Å². The Kier molecular flexibility index (Phi) is 7.26. The fourth-order valence-corrected chi connectivity index (χ4v) is 7.15. The minimum Gasteiger partial charge on any atom is -0.489 e. The van der Waals surface area contributed by atoms with Gasteiger partial charge in [0.05, 0.1) is 0 Å². The van der Waals surface area contributed by atoms with Gasteiger partial charge >= 0.3 is 0 Å². The van der Waals surface area contributed by atoms with Crippen LogP contribution in [-0.4, -0.2) is 6.54 Å². The molecule has 0 aromatic heterocycles. The van der Waals surface area contributed by atoms with Crippen molar-refractivity contribution in [1.29, 1.82) is 0 Å². The van der Waals surface area contributed by atoms with Crippen LogP contribution in [0.3, 0.4) is 0 Å². The maximum Gasteiger partial charge on any atom is 0.119 e. The Morgan fingerprint density at radius 3 is 2.44 bits per heavy atom. The summed E-state index contributed by atoms with van der Waals surface area (Å²) in [5, 5.41) is 3.85. The summed E-state index contributed by atoms with van der Waals surface area (Å²) in [6, 6.07) is 26.3. The second-order valence-electron chi connectivity index (χ2n) is 12.1. The normalized spacial score (nSPS) is 25.3. The van der Waals surface area contributed by atoms with Crippen LogP contribution in [0.4, 0.5) is 0 Å². The van der Waals surface area contributed by atoms with E-state index in [0.717, 1.165) is 24.8 Å². The first-order valence-electron chi connectivity index (χ1n) is 14.0. The Labute approximate surface area is 218 Å². The molecular formula is C34H43NO. The first kappa shape index (κ1) is 25.1. The monoisotopic (exact) mass is 481 g/mol. The van der Waals surface area contributed by atoms with E-state index in [1.807, 2.05) is 6.07 Å². The molecule has 3 atom stereocenters. The Hall–Kier alpha value is -2.58. The summed E-state index contributed by atoms with van der Waals surface area (Å²) < 4.78 is 5.96. The minimum absolute atomic E-state index is 0.301. The first-order valence-corrected chi connectivity index (χ1v) is 14.0. The number of benzene rings is 3. The smallest absolute Gasteiger partial charge is 0.119 e. The zero-order valence-electron chi connectivity index (χ0n) is 22.6. The van der Waals surface area contributed by atoms with Crippen LogP contribution < -0.4 is 10.1 Å². The van der Waals surface area contributed by atoms with Gasteiger partial charge in [-0.05, 0) is 88.3 Å². The molecule has 0 heterocycles. The highest BCUT2D eigenvalue weighted by Crippen LogP contribution is 2.57. The molecule has 190 valence electrons. The molecule has 2 heteroatoms. The van der Waals surface area contributed by atoms with Crippen LogP contribution in [0.5, 0.6) is 5.75 Å². The van der Waals surface area contributed by atoms with Crippen LogP contribution in [0.2, 0.25) is 0 Å². The van der Waals surface area contributed by atoms with Crippen LogP contribution in [0.1, 0.15) is 87.1 Å². The zero-order valence-corrected chi connectivity index (χ0v) is 22.6. The SMILES string of the molecule is CC(C)c1ccc2c(c1)CC[C@@H]1[C@@](C)(CNCc3ccc(OCc4ccccc4)cc3)CCC[C@@]21C. The Bertz CT molecular complexity index is 1150. The third-order valence-corrected chi connectivity index (χ3v) is 9.20. The van der Waals surface area contributed by atoms with Gasteiger partial charge < -0.3 is 10.1 Å². The first-order chi connectivity index (χ1) is 17.4. The lowest BCUT2D eigenvalue weighted by molar-refractivity contribution is 0.0257. The molecule has 1 saturated carbocycles. The van der Waals surface area contributed by atoms with Gasteiger partial charge in [-0.3, -0.25) is 0 Å². The fourth-order valence-electron chi connectivity index (χ4n) is 7.15. The van der Waals surface area contributed by atoms with E-state index < -0.39 is 0 Å². The van der Waals surface area contributed by atoms with E-state index in [4.69, 9.17) is 4.74 Å². The molecule has 2 aliphatic carbocycles. The van der Waals surface area contributed by atoms with Gasteiger partial charge in [0.15, 0.2) is 0 Å². The van der Waals surface area contributed by atoms with Crippen molar-refractivity contribution in [1.82, 2.24) is 5.32 Å². The topological polar surface area (TPSA) is 21.3 Å². The predicted molar refractivity (Wildman–Crippen MR) is 151 cm³/mol. The summed E-state index contributed by atoms with van der Waals surface area (Å²) >= 11 is 0. The number of aryl methyl sites for hydroxylation is 1. The number of fused-ring (bicyclic) bond motifs is 3. The van der Waals surface area contributed by atoms with Crippen molar-refractivity contribution in [2.75, 3.05) is 6.54 Å². The molecule has 0 radical (unpaired) electrons. The van der Waals surface area contributed by atoms with Crippen LogP contribution in [0, 0.1) is 11.3 Å². The Morgan fingerprint density at radius 1 is 0.917 bits per heavy atom. The predicted octanol–water partition coefficient (Wildman–Crippen LogP) is 8.19. The lowest BCUT2D eigenvalue weighted by Gasteiger charge is -2.55. The van der Waals surface area contributed by atoms with E-state index in [9.17, 15) is 0 Å². The second kappa shape index (κ2) is 10.4. The lowest BCUT2D eigenvalue weighted by atomic mass is 9.49. The molecule has 36 heavy (non-hydrogen) atoms. The van der Waals surface area contributed by atoms with Crippen LogP contribution in [0.15, 0.2) is 72.8 Å². The Balaban J connectivity index is 1.20. The average Bonchev–Trinajstić information content (AvgIpc) is 2.88. The zero-order chi connectivity index (χ0) is 25.2. The molecule has 3 aromatic carbocycles. The van der Waals surface area contributed by atoms with E-state index in [0.29, 0.717) is 23.4 Å². The van der Waals surface area contributed by atoms with E-state index in [2.05, 4.69) is 99.7 Å². The largest absolute Gasteiger partial charge is 0.489 e. The number of rotatable bonds is 8. The van der Waals surface area contributed by atoms with Crippen LogP contribution >= 0.6 is 0 Å². The molecule has 0 bridgehead atoms. The van der Waals surface area contributed by atoms with Crippen molar-refractivity contribution in [2.24, 2.45) is 11.3 Å². The molecule has 2 aliphatic rings. The van der Waals surface area contributed by atoms with E-state index in [1.165, 1.54) is 48.8 Å². The minimum atomic E-state index is 0.301. The maximum atomic E-state index is 5.96. The molecule has 0 spiro atoms. The molecule has 0 saturated heterocycles. The molecule has 1 fully saturated rings. The standard InChI is InChI=1S/C34H43NO/c1-25(2)28-13-17-31-29(21-28)14-18-32-33(3,19-8-20-34(31,32)4)24-35-22-26-11-15-30(16-12-26)36-23-27-9-6-5-7-10-27/h5-7,9-13,15-17,21,25,32,35H,8,14,18-20,22-24H2,1-4H3/t32-,33-,34+/m1/s1. The lowest BCUT2D eigenvalue weighted by Crippen LogP contribution is -2.52. The van der Waals surface area contributed by atoms with Gasteiger partial charge in [0.2, 0.25) is 0 Å². The van der Waals surface area contributed by atoms with Crippen molar-refractivity contribution in [3.05, 3.63) is 101 Å². The molecule has 0 unspecified atom stereocenters. The number of hydrogen-bond acceptors (Lipinski definition) is 2. The van der Waals surface area contributed by atoms with Gasteiger partial charge in [0.25, 0.3) is 0 Å². The molecule has 2 nitrogen and oxygen atoms in total. The summed E-state index contributed by atoms with van der Waals surface area (Å²) in [5.74, 6) is 2.27. The highest BCUT2D eigenvalue weighted by molar-refractivity contribution is 5.42.